The van der Waals surface area contributed by atoms with Crippen LogP contribution in [0.2, 0.25) is 5.02 Å². The van der Waals surface area contributed by atoms with E-state index in [4.69, 9.17) is 11.6 Å². The molecule has 3 rings (SSSR count). The second-order valence-electron chi connectivity index (χ2n) is 5.34. The molecule has 1 heterocycles. The molecule has 0 bridgehead atoms. The van der Waals surface area contributed by atoms with Gasteiger partial charge in [0.1, 0.15) is 6.07 Å². The standard InChI is InChI=1S/C19H15ClN4O/c20-16-7-3-1-5-14(16)19(25)23-10-9-22-18-13(11-21)12-24-17-8-4-2-6-15(17)18/h1-8,12H,9-10H2,(H,22,24)(H,23,25). The number of fused-ring (bicyclic) bond motifs is 1. The number of benzene rings is 2. The summed E-state index contributed by atoms with van der Waals surface area (Å²) in [6, 6.07) is 16.6. The van der Waals surface area contributed by atoms with Crippen LogP contribution in [0.15, 0.2) is 54.7 Å². The third kappa shape index (κ3) is 3.70. The number of carbonyl (C=O) groups excluding carboxylic acids is 1. The highest BCUT2D eigenvalue weighted by Crippen LogP contribution is 2.25. The van der Waals surface area contributed by atoms with Crippen LogP contribution in [0.1, 0.15) is 15.9 Å². The van der Waals surface area contributed by atoms with E-state index in [1.807, 2.05) is 24.3 Å². The van der Waals surface area contributed by atoms with E-state index in [1.165, 1.54) is 0 Å². The third-order valence-electron chi connectivity index (χ3n) is 3.73. The van der Waals surface area contributed by atoms with Crippen LogP contribution in [0.3, 0.4) is 0 Å². The average molecular weight is 351 g/mol. The van der Waals surface area contributed by atoms with Crippen molar-refractivity contribution in [3.63, 3.8) is 0 Å². The number of nitrogens with zero attached hydrogens (tertiary/aromatic N) is 2. The van der Waals surface area contributed by atoms with Gasteiger partial charge in [-0.3, -0.25) is 9.78 Å². The molecule has 5 nitrogen and oxygen atoms in total. The Morgan fingerprint density at radius 1 is 1.12 bits per heavy atom. The first-order valence-electron chi connectivity index (χ1n) is 7.75. The summed E-state index contributed by atoms with van der Waals surface area (Å²) in [5, 5.41) is 16.6. The van der Waals surface area contributed by atoms with E-state index in [9.17, 15) is 10.1 Å². The fraction of sp³-hybridized carbons (Fsp3) is 0.105. The Morgan fingerprint density at radius 3 is 2.68 bits per heavy atom. The van der Waals surface area contributed by atoms with E-state index in [2.05, 4.69) is 21.7 Å². The van der Waals surface area contributed by atoms with Gasteiger partial charge in [0, 0.05) is 24.7 Å². The van der Waals surface area contributed by atoms with Gasteiger partial charge in [0.2, 0.25) is 0 Å². The zero-order valence-electron chi connectivity index (χ0n) is 13.3. The molecule has 0 atom stereocenters. The Hall–Kier alpha value is -3.10. The molecule has 0 radical (unpaired) electrons. The number of hydrogen-bond donors (Lipinski definition) is 2. The lowest BCUT2D eigenvalue weighted by Gasteiger charge is -2.12. The molecule has 1 amide bonds. The second-order valence-corrected chi connectivity index (χ2v) is 5.75. The highest BCUT2D eigenvalue weighted by Gasteiger charge is 2.10. The largest absolute Gasteiger partial charge is 0.382 e. The minimum Gasteiger partial charge on any atom is -0.382 e. The topological polar surface area (TPSA) is 77.8 Å². The van der Waals surface area contributed by atoms with Crippen molar-refractivity contribution in [1.29, 1.82) is 5.26 Å². The van der Waals surface area contributed by atoms with Crippen molar-refractivity contribution in [3.05, 3.63) is 70.9 Å². The van der Waals surface area contributed by atoms with Crippen molar-refractivity contribution in [2.24, 2.45) is 0 Å². The fourth-order valence-corrected chi connectivity index (χ4v) is 2.74. The first kappa shape index (κ1) is 16.7. The van der Waals surface area contributed by atoms with Crippen molar-refractivity contribution in [2.45, 2.75) is 0 Å². The number of carbonyl (C=O) groups is 1. The molecule has 6 heteroatoms. The number of amides is 1. The van der Waals surface area contributed by atoms with Crippen LogP contribution >= 0.6 is 11.6 Å². The van der Waals surface area contributed by atoms with Gasteiger partial charge in [-0.1, -0.05) is 41.9 Å². The zero-order valence-corrected chi connectivity index (χ0v) is 14.0. The number of nitrogens with one attached hydrogen (secondary N) is 2. The molecule has 0 saturated carbocycles. The number of rotatable bonds is 5. The van der Waals surface area contributed by atoms with Gasteiger partial charge in [-0.2, -0.15) is 5.26 Å². The Bertz CT molecular complexity index is 965. The van der Waals surface area contributed by atoms with Gasteiger partial charge in [-0.15, -0.1) is 0 Å². The molecule has 0 aliphatic heterocycles. The lowest BCUT2D eigenvalue weighted by atomic mass is 10.1. The number of hydrogen-bond acceptors (Lipinski definition) is 4. The van der Waals surface area contributed by atoms with Crippen molar-refractivity contribution < 1.29 is 4.79 Å². The number of halogens is 1. The van der Waals surface area contributed by atoms with Gasteiger partial charge in [0.05, 0.1) is 27.4 Å². The van der Waals surface area contributed by atoms with Crippen molar-refractivity contribution in [3.8, 4) is 6.07 Å². The van der Waals surface area contributed by atoms with Gasteiger partial charge in [0.25, 0.3) is 5.91 Å². The van der Waals surface area contributed by atoms with E-state index in [0.29, 0.717) is 29.2 Å². The smallest absolute Gasteiger partial charge is 0.252 e. The lowest BCUT2D eigenvalue weighted by molar-refractivity contribution is 0.0955. The maximum Gasteiger partial charge on any atom is 0.252 e. The molecule has 1 aromatic heterocycles. The normalized spacial score (nSPS) is 10.2. The molecule has 2 N–H and O–H groups in total. The van der Waals surface area contributed by atoms with E-state index < -0.39 is 0 Å². The summed E-state index contributed by atoms with van der Waals surface area (Å²) in [6.07, 6.45) is 1.55. The molecular weight excluding hydrogens is 336 g/mol. The summed E-state index contributed by atoms with van der Waals surface area (Å²) >= 11 is 6.01. The molecule has 0 saturated heterocycles. The summed E-state index contributed by atoms with van der Waals surface area (Å²) in [5.74, 6) is -0.229. The van der Waals surface area contributed by atoms with Gasteiger partial charge in [0.15, 0.2) is 0 Å². The first-order valence-corrected chi connectivity index (χ1v) is 8.13. The minimum atomic E-state index is -0.229. The molecule has 2 aromatic carbocycles. The SMILES string of the molecule is N#Cc1cnc2ccccc2c1NCCNC(=O)c1ccccc1Cl. The maximum atomic E-state index is 12.1. The predicted molar refractivity (Wildman–Crippen MR) is 98.7 cm³/mol. The highest BCUT2D eigenvalue weighted by atomic mass is 35.5. The van der Waals surface area contributed by atoms with Crippen LogP contribution in [-0.4, -0.2) is 24.0 Å². The summed E-state index contributed by atoms with van der Waals surface area (Å²) in [7, 11) is 0. The van der Waals surface area contributed by atoms with E-state index >= 15 is 0 Å². The maximum absolute atomic E-state index is 12.1. The van der Waals surface area contributed by atoms with Crippen molar-refractivity contribution in [2.75, 3.05) is 18.4 Å². The third-order valence-corrected chi connectivity index (χ3v) is 4.06. The Balaban J connectivity index is 1.67. The Kier molecular flexibility index (Phi) is 5.12. The zero-order chi connectivity index (χ0) is 17.6. The number of pyridine rings is 1. The van der Waals surface area contributed by atoms with E-state index in [1.54, 1.807) is 30.5 Å². The van der Waals surface area contributed by atoms with Crippen LogP contribution in [0.4, 0.5) is 5.69 Å². The van der Waals surface area contributed by atoms with Crippen molar-refractivity contribution in [1.82, 2.24) is 10.3 Å². The minimum absolute atomic E-state index is 0.229. The average Bonchev–Trinajstić information content (AvgIpc) is 2.65. The number of aromatic nitrogens is 1. The van der Waals surface area contributed by atoms with Crippen LogP contribution in [0, 0.1) is 11.3 Å². The summed E-state index contributed by atoms with van der Waals surface area (Å²) in [6.45, 7) is 0.866. The van der Waals surface area contributed by atoms with Gasteiger partial charge in [-0.05, 0) is 18.2 Å². The van der Waals surface area contributed by atoms with E-state index in [-0.39, 0.29) is 5.91 Å². The first-order chi connectivity index (χ1) is 12.2. The fourth-order valence-electron chi connectivity index (χ4n) is 2.52. The molecule has 0 aliphatic rings. The number of nitriles is 1. The van der Waals surface area contributed by atoms with Crippen LogP contribution in [0.25, 0.3) is 10.9 Å². The van der Waals surface area contributed by atoms with Gasteiger partial charge >= 0.3 is 0 Å². The molecular formula is C19H15ClN4O. The molecule has 0 fully saturated rings. The molecule has 0 aliphatic carbocycles. The van der Waals surface area contributed by atoms with E-state index in [0.717, 1.165) is 16.6 Å². The predicted octanol–water partition coefficient (Wildman–Crippen LogP) is 3.60. The van der Waals surface area contributed by atoms with Crippen LogP contribution in [-0.2, 0) is 0 Å². The highest BCUT2D eigenvalue weighted by molar-refractivity contribution is 6.33. The molecule has 25 heavy (non-hydrogen) atoms. The molecule has 3 aromatic rings. The Labute approximate surface area is 150 Å². The quantitative estimate of drug-likeness (QED) is 0.689. The van der Waals surface area contributed by atoms with Gasteiger partial charge in [-0.25, -0.2) is 0 Å². The number of para-hydroxylation sites is 1. The second kappa shape index (κ2) is 7.65. The Morgan fingerprint density at radius 2 is 1.88 bits per heavy atom. The number of anilines is 1. The van der Waals surface area contributed by atoms with Crippen molar-refractivity contribution >= 4 is 34.1 Å². The van der Waals surface area contributed by atoms with Crippen LogP contribution in [0.5, 0.6) is 0 Å². The van der Waals surface area contributed by atoms with Gasteiger partial charge < -0.3 is 10.6 Å². The lowest BCUT2D eigenvalue weighted by Crippen LogP contribution is -2.29. The molecule has 124 valence electrons. The summed E-state index contributed by atoms with van der Waals surface area (Å²) in [4.78, 5) is 16.4. The summed E-state index contributed by atoms with van der Waals surface area (Å²) in [5.41, 5.74) is 2.44. The molecule has 0 spiro atoms. The molecule has 0 unspecified atom stereocenters. The monoisotopic (exact) mass is 350 g/mol. The summed E-state index contributed by atoms with van der Waals surface area (Å²) < 4.78 is 0. The van der Waals surface area contributed by atoms with Crippen LogP contribution < -0.4 is 10.6 Å².